The summed E-state index contributed by atoms with van der Waals surface area (Å²) < 4.78 is 14.7. The van der Waals surface area contributed by atoms with E-state index in [9.17, 15) is 4.79 Å². The minimum atomic E-state index is -0.353. The first kappa shape index (κ1) is 14.9. The molecule has 1 aromatic carbocycles. The van der Waals surface area contributed by atoms with Crippen LogP contribution in [-0.4, -0.2) is 33.4 Å². The molecule has 0 aromatic heterocycles. The third-order valence-corrected chi connectivity index (χ3v) is 4.28. The first-order chi connectivity index (χ1) is 9.69. The van der Waals surface area contributed by atoms with Crippen molar-refractivity contribution in [3.05, 3.63) is 29.8 Å². The van der Waals surface area contributed by atoms with Gasteiger partial charge in [-0.2, -0.15) is 0 Å². The van der Waals surface area contributed by atoms with Crippen LogP contribution < -0.4 is 4.74 Å². The molecule has 2 fully saturated rings. The highest BCUT2D eigenvalue weighted by molar-refractivity contribution is 5.89. The van der Waals surface area contributed by atoms with Gasteiger partial charge in [-0.05, 0) is 49.3 Å². The molecule has 20 heavy (non-hydrogen) atoms. The van der Waals surface area contributed by atoms with E-state index in [1.54, 1.807) is 31.4 Å². The number of esters is 1. The Labute approximate surface area is 120 Å². The van der Waals surface area contributed by atoms with Gasteiger partial charge in [0.05, 0.1) is 25.9 Å². The smallest absolute Gasteiger partial charge is 0.337 e. The van der Waals surface area contributed by atoms with Gasteiger partial charge in [-0.3, -0.25) is 0 Å². The Bertz CT molecular complexity index is 456. The molecule has 2 aliphatic rings. The van der Waals surface area contributed by atoms with E-state index in [2.05, 4.69) is 4.74 Å². The fourth-order valence-corrected chi connectivity index (χ4v) is 2.79. The fourth-order valence-electron chi connectivity index (χ4n) is 2.79. The second-order valence-electron chi connectivity index (χ2n) is 5.23. The van der Waals surface area contributed by atoms with Crippen LogP contribution in [0.5, 0.6) is 5.75 Å². The van der Waals surface area contributed by atoms with Crippen molar-refractivity contribution in [1.29, 1.82) is 0 Å². The highest BCUT2D eigenvalue weighted by atomic mass is 16.5. The molecule has 2 saturated carbocycles. The number of carbonyl (C=O) groups is 1. The monoisotopic (exact) mass is 278 g/mol. The molecular weight excluding hydrogens is 256 g/mol. The maximum atomic E-state index is 11.0. The molecule has 0 N–H and O–H groups in total. The van der Waals surface area contributed by atoms with Crippen LogP contribution in [0.4, 0.5) is 0 Å². The zero-order valence-electron chi connectivity index (χ0n) is 12.3. The molecule has 110 valence electrons. The minimum absolute atomic E-state index is 0.353. The standard InChI is InChI=1S/C9H10O3.C7H12O/c1-11-8-5-3-4-7(6-8)9(10)12-2;1-8-7-4-5-2-3-6(5)7/h3-6H,1-2H3;5-7H,2-4H2,1H3. The van der Waals surface area contributed by atoms with Crippen molar-refractivity contribution in [3.63, 3.8) is 0 Å². The number of fused-ring (bicyclic) bond motifs is 1. The average Bonchev–Trinajstić information content (AvgIpc) is 2.49. The molecule has 0 spiro atoms. The first-order valence-electron chi connectivity index (χ1n) is 6.94. The van der Waals surface area contributed by atoms with Crippen molar-refractivity contribution >= 4 is 5.97 Å². The molecule has 3 unspecified atom stereocenters. The lowest BCUT2D eigenvalue weighted by Gasteiger charge is -2.52. The van der Waals surface area contributed by atoms with E-state index in [4.69, 9.17) is 9.47 Å². The topological polar surface area (TPSA) is 44.8 Å². The summed E-state index contributed by atoms with van der Waals surface area (Å²) in [6.07, 6.45) is 4.91. The average molecular weight is 278 g/mol. The van der Waals surface area contributed by atoms with E-state index < -0.39 is 0 Å². The number of ether oxygens (including phenoxy) is 3. The van der Waals surface area contributed by atoms with Gasteiger partial charge in [-0.1, -0.05) is 6.07 Å². The number of hydrogen-bond donors (Lipinski definition) is 0. The summed E-state index contributed by atoms with van der Waals surface area (Å²) in [5, 5.41) is 0. The Hall–Kier alpha value is -1.55. The van der Waals surface area contributed by atoms with Gasteiger partial charge in [0.15, 0.2) is 0 Å². The summed E-state index contributed by atoms with van der Waals surface area (Å²) in [5.41, 5.74) is 0.497. The molecule has 3 atom stereocenters. The summed E-state index contributed by atoms with van der Waals surface area (Å²) in [5.74, 6) is 2.34. The van der Waals surface area contributed by atoms with Crippen LogP contribution in [0, 0.1) is 11.8 Å². The Balaban J connectivity index is 0.000000157. The van der Waals surface area contributed by atoms with Gasteiger partial charge in [-0.25, -0.2) is 4.79 Å². The molecule has 0 bridgehead atoms. The molecule has 0 radical (unpaired) electrons. The molecule has 0 amide bonds. The highest BCUT2D eigenvalue weighted by Gasteiger charge is 2.47. The Morgan fingerprint density at radius 2 is 2.00 bits per heavy atom. The normalized spacial score (nSPS) is 26.1. The van der Waals surface area contributed by atoms with Crippen molar-refractivity contribution in [3.8, 4) is 5.75 Å². The van der Waals surface area contributed by atoms with Gasteiger partial charge < -0.3 is 14.2 Å². The van der Waals surface area contributed by atoms with Crippen molar-refractivity contribution in [2.75, 3.05) is 21.3 Å². The number of methoxy groups -OCH3 is 3. The van der Waals surface area contributed by atoms with E-state index in [0.717, 1.165) is 11.8 Å². The van der Waals surface area contributed by atoms with Gasteiger partial charge in [-0.15, -0.1) is 0 Å². The quantitative estimate of drug-likeness (QED) is 0.797. The largest absolute Gasteiger partial charge is 0.497 e. The summed E-state index contributed by atoms with van der Waals surface area (Å²) in [6.45, 7) is 0. The van der Waals surface area contributed by atoms with Crippen molar-refractivity contribution in [1.82, 2.24) is 0 Å². The van der Waals surface area contributed by atoms with Crippen LogP contribution in [-0.2, 0) is 9.47 Å². The van der Waals surface area contributed by atoms with E-state index in [1.807, 2.05) is 7.11 Å². The summed E-state index contributed by atoms with van der Waals surface area (Å²) in [7, 11) is 4.73. The van der Waals surface area contributed by atoms with Gasteiger partial charge >= 0.3 is 5.97 Å². The predicted octanol–water partition coefficient (Wildman–Crippen LogP) is 2.91. The lowest BCUT2D eigenvalue weighted by atomic mass is 9.58. The SMILES string of the molecule is COC(=O)c1cccc(OC)c1.COC1CC2CCC21. The molecule has 4 nitrogen and oxygen atoms in total. The number of hydrogen-bond acceptors (Lipinski definition) is 4. The molecule has 0 aliphatic heterocycles. The maximum absolute atomic E-state index is 11.0. The van der Waals surface area contributed by atoms with Crippen molar-refractivity contribution < 1.29 is 19.0 Å². The summed E-state index contributed by atoms with van der Waals surface area (Å²) >= 11 is 0. The lowest BCUT2D eigenvalue weighted by Crippen LogP contribution is -2.49. The van der Waals surface area contributed by atoms with E-state index in [0.29, 0.717) is 17.4 Å². The second kappa shape index (κ2) is 6.75. The van der Waals surface area contributed by atoms with Crippen LogP contribution in [0.2, 0.25) is 0 Å². The fraction of sp³-hybridized carbons (Fsp3) is 0.562. The Kier molecular flexibility index (Phi) is 5.01. The zero-order chi connectivity index (χ0) is 14.5. The molecular formula is C16H22O4. The van der Waals surface area contributed by atoms with E-state index in [1.165, 1.54) is 26.4 Å². The third kappa shape index (κ3) is 3.12. The molecule has 3 rings (SSSR count). The molecule has 4 heteroatoms. The van der Waals surface area contributed by atoms with Gasteiger partial charge in [0.25, 0.3) is 0 Å². The van der Waals surface area contributed by atoms with Gasteiger partial charge in [0.1, 0.15) is 5.75 Å². The van der Waals surface area contributed by atoms with Crippen LogP contribution in [0.15, 0.2) is 24.3 Å². The van der Waals surface area contributed by atoms with Crippen LogP contribution in [0.25, 0.3) is 0 Å². The maximum Gasteiger partial charge on any atom is 0.337 e. The Morgan fingerprint density at radius 3 is 2.40 bits per heavy atom. The summed E-state index contributed by atoms with van der Waals surface area (Å²) in [6, 6.07) is 6.82. The molecule has 0 saturated heterocycles. The second-order valence-corrected chi connectivity index (χ2v) is 5.23. The minimum Gasteiger partial charge on any atom is -0.497 e. The molecule has 0 heterocycles. The number of rotatable bonds is 3. The van der Waals surface area contributed by atoms with Crippen molar-refractivity contribution in [2.45, 2.75) is 25.4 Å². The van der Waals surface area contributed by atoms with Crippen LogP contribution in [0.1, 0.15) is 29.6 Å². The highest BCUT2D eigenvalue weighted by Crippen LogP contribution is 2.51. The van der Waals surface area contributed by atoms with Crippen molar-refractivity contribution in [2.24, 2.45) is 11.8 Å². The summed E-state index contributed by atoms with van der Waals surface area (Å²) in [4.78, 5) is 11.0. The molecule has 2 aliphatic carbocycles. The zero-order valence-corrected chi connectivity index (χ0v) is 12.3. The van der Waals surface area contributed by atoms with E-state index in [-0.39, 0.29) is 5.97 Å². The Morgan fingerprint density at radius 1 is 1.20 bits per heavy atom. The van der Waals surface area contributed by atoms with Crippen LogP contribution in [0.3, 0.4) is 0 Å². The van der Waals surface area contributed by atoms with Gasteiger partial charge in [0.2, 0.25) is 0 Å². The van der Waals surface area contributed by atoms with Gasteiger partial charge in [0, 0.05) is 7.11 Å². The molecule has 1 aromatic rings. The lowest BCUT2D eigenvalue weighted by molar-refractivity contribution is -0.116. The predicted molar refractivity (Wildman–Crippen MR) is 76.0 cm³/mol. The third-order valence-electron chi connectivity index (χ3n) is 4.28. The number of carbonyl (C=O) groups excluding carboxylic acids is 1. The van der Waals surface area contributed by atoms with E-state index >= 15 is 0 Å². The first-order valence-corrected chi connectivity index (χ1v) is 6.94. The van der Waals surface area contributed by atoms with Crippen LogP contribution >= 0.6 is 0 Å². The number of benzene rings is 1.